The van der Waals surface area contributed by atoms with Crippen LogP contribution in [0.25, 0.3) is 0 Å². The summed E-state index contributed by atoms with van der Waals surface area (Å²) >= 11 is 0. The number of amides is 1. The molecule has 1 heterocycles. The highest BCUT2D eigenvalue weighted by molar-refractivity contribution is 5.94. The molecular weight excluding hydrogens is 218 g/mol. The van der Waals surface area contributed by atoms with Crippen molar-refractivity contribution < 1.29 is 9.90 Å². The molecule has 5 heteroatoms. The van der Waals surface area contributed by atoms with Crippen molar-refractivity contribution in [3.05, 3.63) is 47.8 Å². The number of rotatable bonds is 3. The molecule has 1 aromatic carbocycles. The molecule has 5 nitrogen and oxygen atoms in total. The molecule has 1 amide bonds. The summed E-state index contributed by atoms with van der Waals surface area (Å²) in [6.45, 7) is 0.438. The first-order valence-corrected chi connectivity index (χ1v) is 5.20. The summed E-state index contributed by atoms with van der Waals surface area (Å²) in [6.07, 6.45) is 3.55. The van der Waals surface area contributed by atoms with Crippen molar-refractivity contribution in [3.63, 3.8) is 0 Å². The minimum atomic E-state index is -0.172. The van der Waals surface area contributed by atoms with Crippen LogP contribution in [0.5, 0.6) is 5.75 Å². The zero-order valence-corrected chi connectivity index (χ0v) is 9.42. The van der Waals surface area contributed by atoms with Crippen molar-refractivity contribution >= 4 is 5.91 Å². The molecule has 0 atom stereocenters. The molecule has 0 aliphatic carbocycles. The second kappa shape index (κ2) is 4.69. The summed E-state index contributed by atoms with van der Waals surface area (Å²) in [5.74, 6) is -0.0253. The van der Waals surface area contributed by atoms with Crippen molar-refractivity contribution in [2.45, 2.75) is 6.54 Å². The normalized spacial score (nSPS) is 10.2. The van der Waals surface area contributed by atoms with Crippen LogP contribution in [0.4, 0.5) is 0 Å². The molecule has 88 valence electrons. The van der Waals surface area contributed by atoms with Gasteiger partial charge in [-0.1, -0.05) is 0 Å². The van der Waals surface area contributed by atoms with Crippen LogP contribution >= 0.6 is 0 Å². The Bertz CT molecular complexity index is 517. The number of phenols is 1. The number of carbonyl (C=O) groups excluding carboxylic acids is 1. The predicted octanol–water partition coefficient (Wildman–Crippen LogP) is 1.06. The fraction of sp³-hybridized carbons (Fsp3) is 0.167. The Morgan fingerprint density at radius 1 is 1.41 bits per heavy atom. The summed E-state index contributed by atoms with van der Waals surface area (Å²) in [5, 5.41) is 15.9. The molecule has 0 spiro atoms. The molecule has 0 aliphatic heterocycles. The SMILES string of the molecule is Cn1cc(CNC(=O)c2ccc(O)cc2)cn1. The Morgan fingerprint density at radius 3 is 2.71 bits per heavy atom. The zero-order valence-electron chi connectivity index (χ0n) is 9.42. The highest BCUT2D eigenvalue weighted by Crippen LogP contribution is 2.09. The van der Waals surface area contributed by atoms with Crippen LogP contribution in [0, 0.1) is 0 Å². The van der Waals surface area contributed by atoms with Crippen molar-refractivity contribution in [2.75, 3.05) is 0 Å². The van der Waals surface area contributed by atoms with Gasteiger partial charge >= 0.3 is 0 Å². The summed E-state index contributed by atoms with van der Waals surface area (Å²) in [4.78, 5) is 11.7. The second-order valence-electron chi connectivity index (χ2n) is 3.75. The Labute approximate surface area is 98.7 Å². The minimum absolute atomic E-state index is 0.147. The van der Waals surface area contributed by atoms with Gasteiger partial charge in [0.05, 0.1) is 6.20 Å². The summed E-state index contributed by atoms with van der Waals surface area (Å²) in [7, 11) is 1.82. The number of aromatic nitrogens is 2. The van der Waals surface area contributed by atoms with E-state index in [1.807, 2.05) is 13.2 Å². The van der Waals surface area contributed by atoms with E-state index in [0.29, 0.717) is 12.1 Å². The van der Waals surface area contributed by atoms with Gasteiger partial charge in [0.25, 0.3) is 5.91 Å². The fourth-order valence-electron chi connectivity index (χ4n) is 1.46. The predicted molar refractivity (Wildman–Crippen MR) is 62.5 cm³/mol. The van der Waals surface area contributed by atoms with Crippen LogP contribution < -0.4 is 5.32 Å². The van der Waals surface area contributed by atoms with Gasteiger partial charge in [0.1, 0.15) is 5.75 Å². The molecule has 0 saturated carbocycles. The molecule has 17 heavy (non-hydrogen) atoms. The summed E-state index contributed by atoms with van der Waals surface area (Å²) in [5.41, 5.74) is 1.46. The minimum Gasteiger partial charge on any atom is -0.508 e. The lowest BCUT2D eigenvalue weighted by Gasteiger charge is -2.03. The van der Waals surface area contributed by atoms with Gasteiger partial charge in [-0.25, -0.2) is 0 Å². The number of benzene rings is 1. The molecular formula is C12H13N3O2. The maximum atomic E-state index is 11.7. The van der Waals surface area contributed by atoms with Crippen LogP contribution in [0.1, 0.15) is 15.9 Å². The first kappa shape index (κ1) is 11.2. The highest BCUT2D eigenvalue weighted by Gasteiger charge is 2.05. The largest absolute Gasteiger partial charge is 0.508 e. The van der Waals surface area contributed by atoms with Crippen LogP contribution in [0.2, 0.25) is 0 Å². The smallest absolute Gasteiger partial charge is 0.251 e. The highest BCUT2D eigenvalue weighted by atomic mass is 16.3. The summed E-state index contributed by atoms with van der Waals surface area (Å²) < 4.78 is 1.68. The lowest BCUT2D eigenvalue weighted by molar-refractivity contribution is 0.0951. The second-order valence-corrected chi connectivity index (χ2v) is 3.75. The fourth-order valence-corrected chi connectivity index (χ4v) is 1.46. The number of nitrogens with zero attached hydrogens (tertiary/aromatic N) is 2. The number of aromatic hydroxyl groups is 1. The van der Waals surface area contributed by atoms with Gasteiger partial charge in [-0.15, -0.1) is 0 Å². The number of hydrogen-bond donors (Lipinski definition) is 2. The first-order valence-electron chi connectivity index (χ1n) is 5.20. The van der Waals surface area contributed by atoms with E-state index in [2.05, 4.69) is 10.4 Å². The summed E-state index contributed by atoms with van der Waals surface area (Å²) in [6, 6.07) is 6.12. The number of hydrogen-bond acceptors (Lipinski definition) is 3. The van der Waals surface area contributed by atoms with Gasteiger partial charge in [0.15, 0.2) is 0 Å². The first-order chi connectivity index (χ1) is 8.15. The number of carbonyl (C=O) groups is 1. The molecule has 0 radical (unpaired) electrons. The number of phenolic OH excluding ortho intramolecular Hbond substituents is 1. The van der Waals surface area contributed by atoms with Crippen molar-refractivity contribution in [3.8, 4) is 5.75 Å². The van der Waals surface area contributed by atoms with E-state index in [1.165, 1.54) is 12.1 Å². The topological polar surface area (TPSA) is 67.2 Å². The molecule has 0 saturated heterocycles. The van der Waals surface area contributed by atoms with Crippen molar-refractivity contribution in [2.24, 2.45) is 7.05 Å². The monoisotopic (exact) mass is 231 g/mol. The average Bonchev–Trinajstić information content (AvgIpc) is 2.73. The Hall–Kier alpha value is -2.30. The van der Waals surface area contributed by atoms with Crippen molar-refractivity contribution in [1.82, 2.24) is 15.1 Å². The maximum absolute atomic E-state index is 11.7. The van der Waals surface area contributed by atoms with Gasteiger partial charge in [0, 0.05) is 30.9 Å². The van der Waals surface area contributed by atoms with E-state index >= 15 is 0 Å². The van der Waals surface area contributed by atoms with Gasteiger partial charge in [-0.05, 0) is 24.3 Å². The number of nitrogens with one attached hydrogen (secondary N) is 1. The maximum Gasteiger partial charge on any atom is 0.251 e. The third-order valence-electron chi connectivity index (χ3n) is 2.34. The number of aryl methyl sites for hydroxylation is 1. The van der Waals surface area contributed by atoms with Crippen molar-refractivity contribution in [1.29, 1.82) is 0 Å². The van der Waals surface area contributed by atoms with Crippen LogP contribution in [-0.4, -0.2) is 20.8 Å². The van der Waals surface area contributed by atoms with Gasteiger partial charge in [-0.3, -0.25) is 9.48 Å². The zero-order chi connectivity index (χ0) is 12.3. The molecule has 2 rings (SSSR count). The van der Waals surface area contributed by atoms with E-state index in [0.717, 1.165) is 5.56 Å². The van der Waals surface area contributed by atoms with Crippen LogP contribution in [0.15, 0.2) is 36.7 Å². The Kier molecular flexibility index (Phi) is 3.09. The van der Waals surface area contributed by atoms with E-state index < -0.39 is 0 Å². The van der Waals surface area contributed by atoms with Gasteiger partial charge in [0.2, 0.25) is 0 Å². The molecule has 0 bridgehead atoms. The molecule has 2 N–H and O–H groups in total. The van der Waals surface area contributed by atoms with Gasteiger partial charge in [-0.2, -0.15) is 5.10 Å². The van der Waals surface area contributed by atoms with E-state index in [-0.39, 0.29) is 11.7 Å². The quantitative estimate of drug-likeness (QED) is 0.829. The van der Waals surface area contributed by atoms with Crippen LogP contribution in [-0.2, 0) is 13.6 Å². The Morgan fingerprint density at radius 2 is 2.12 bits per heavy atom. The average molecular weight is 231 g/mol. The molecule has 1 aromatic heterocycles. The Balaban J connectivity index is 1.95. The third kappa shape index (κ3) is 2.84. The van der Waals surface area contributed by atoms with E-state index in [1.54, 1.807) is 23.0 Å². The third-order valence-corrected chi connectivity index (χ3v) is 2.34. The lowest BCUT2D eigenvalue weighted by Crippen LogP contribution is -2.22. The standard InChI is InChI=1S/C12H13N3O2/c1-15-8-9(7-14-15)6-13-12(17)10-2-4-11(16)5-3-10/h2-5,7-8,16H,6H2,1H3,(H,13,17). The molecule has 0 aliphatic rings. The van der Waals surface area contributed by atoms with E-state index in [9.17, 15) is 4.79 Å². The van der Waals surface area contributed by atoms with E-state index in [4.69, 9.17) is 5.11 Å². The molecule has 0 fully saturated rings. The molecule has 0 unspecified atom stereocenters. The van der Waals surface area contributed by atoms with Crippen LogP contribution in [0.3, 0.4) is 0 Å². The van der Waals surface area contributed by atoms with Gasteiger partial charge < -0.3 is 10.4 Å². The molecule has 2 aromatic rings. The lowest BCUT2D eigenvalue weighted by atomic mass is 10.2.